The molecule has 1 atom stereocenters. The van der Waals surface area contributed by atoms with Crippen molar-refractivity contribution in [3.8, 4) is 0 Å². The molecule has 0 aliphatic carbocycles. The number of benzene rings is 1. The number of dihydropyridines is 1. The molecule has 0 fully saturated rings. The number of hydrogen-bond donors (Lipinski definition) is 2. The SMILES string of the molecule is CCN1C(=C=O)Nc2cc(CN3C=CC(=C4C=CC(C(=O)NC)N=C4)CC3)ccc2C1=C=O. The maximum absolute atomic E-state index is 11.7. The molecule has 1 unspecified atom stereocenters. The Balaban J connectivity index is 1.48. The van der Waals surface area contributed by atoms with Gasteiger partial charge in [-0.25, -0.2) is 9.59 Å². The smallest absolute Gasteiger partial charge is 0.248 e. The lowest BCUT2D eigenvalue weighted by Crippen LogP contribution is -2.31. The van der Waals surface area contributed by atoms with Crippen molar-refractivity contribution in [1.29, 1.82) is 0 Å². The van der Waals surface area contributed by atoms with Gasteiger partial charge < -0.3 is 20.4 Å². The Labute approximate surface area is 192 Å². The second-order valence-corrected chi connectivity index (χ2v) is 7.86. The first-order valence-electron chi connectivity index (χ1n) is 10.8. The highest BCUT2D eigenvalue weighted by Gasteiger charge is 2.26. The molecule has 8 heteroatoms. The number of allylic oxidation sites excluding steroid dienone is 3. The van der Waals surface area contributed by atoms with Crippen molar-refractivity contribution >= 4 is 35.4 Å². The van der Waals surface area contributed by atoms with Crippen LogP contribution >= 0.6 is 0 Å². The van der Waals surface area contributed by atoms with Crippen molar-refractivity contribution < 1.29 is 14.4 Å². The molecular formula is C25H25N5O3. The molecule has 1 aromatic rings. The molecule has 0 spiro atoms. The van der Waals surface area contributed by atoms with Crippen LogP contribution in [0.25, 0.3) is 5.70 Å². The van der Waals surface area contributed by atoms with Gasteiger partial charge in [0.1, 0.15) is 11.7 Å². The van der Waals surface area contributed by atoms with E-state index < -0.39 is 6.04 Å². The fraction of sp³-hybridized carbons (Fsp3) is 0.280. The van der Waals surface area contributed by atoms with E-state index >= 15 is 0 Å². The summed E-state index contributed by atoms with van der Waals surface area (Å²) in [5.41, 5.74) is 5.00. The van der Waals surface area contributed by atoms with Gasteiger partial charge in [0.15, 0.2) is 17.7 Å². The maximum atomic E-state index is 11.7. The van der Waals surface area contributed by atoms with Gasteiger partial charge in [-0.2, -0.15) is 0 Å². The monoisotopic (exact) mass is 443 g/mol. The van der Waals surface area contributed by atoms with Crippen molar-refractivity contribution in [2.45, 2.75) is 25.9 Å². The van der Waals surface area contributed by atoms with E-state index in [1.807, 2.05) is 49.2 Å². The van der Waals surface area contributed by atoms with E-state index in [1.54, 1.807) is 18.2 Å². The number of aliphatic imine (C=N–C) groups is 1. The summed E-state index contributed by atoms with van der Waals surface area (Å²) >= 11 is 0. The zero-order chi connectivity index (χ0) is 23.4. The fourth-order valence-electron chi connectivity index (χ4n) is 4.12. The minimum absolute atomic E-state index is 0.120. The Morgan fingerprint density at radius 3 is 2.73 bits per heavy atom. The maximum Gasteiger partial charge on any atom is 0.248 e. The number of nitrogens with zero attached hydrogens (tertiary/aromatic N) is 3. The van der Waals surface area contributed by atoms with Gasteiger partial charge in [0.25, 0.3) is 0 Å². The summed E-state index contributed by atoms with van der Waals surface area (Å²) in [6.45, 7) is 3.85. The Kier molecular flexibility index (Phi) is 6.41. The number of nitrogens with one attached hydrogen (secondary N) is 2. The van der Waals surface area contributed by atoms with Crippen molar-refractivity contribution in [1.82, 2.24) is 15.1 Å². The van der Waals surface area contributed by atoms with E-state index in [2.05, 4.69) is 32.8 Å². The molecule has 1 aromatic carbocycles. The molecule has 168 valence electrons. The van der Waals surface area contributed by atoms with Crippen molar-refractivity contribution in [3.63, 3.8) is 0 Å². The Morgan fingerprint density at radius 2 is 2.12 bits per heavy atom. The first kappa shape index (κ1) is 22.1. The van der Waals surface area contributed by atoms with Crippen LogP contribution in [-0.2, 0) is 20.9 Å². The Morgan fingerprint density at radius 1 is 1.27 bits per heavy atom. The lowest BCUT2D eigenvalue weighted by molar-refractivity contribution is -0.120. The number of carbonyl (C=O) groups excluding carboxylic acids is 3. The highest BCUT2D eigenvalue weighted by Crippen LogP contribution is 2.34. The van der Waals surface area contributed by atoms with E-state index in [4.69, 9.17) is 0 Å². The molecule has 0 saturated heterocycles. The lowest BCUT2D eigenvalue weighted by atomic mass is 9.99. The third kappa shape index (κ3) is 4.44. The normalized spacial score (nSPS) is 21.3. The summed E-state index contributed by atoms with van der Waals surface area (Å²) in [6.07, 6.45) is 10.5. The molecule has 2 N–H and O–H groups in total. The van der Waals surface area contributed by atoms with Gasteiger partial charge in [-0.05, 0) is 54.5 Å². The number of fused-ring (bicyclic) bond motifs is 1. The third-order valence-corrected chi connectivity index (χ3v) is 5.90. The molecule has 3 heterocycles. The molecule has 0 radical (unpaired) electrons. The predicted octanol–water partition coefficient (Wildman–Crippen LogP) is 2.05. The van der Waals surface area contributed by atoms with E-state index in [0.717, 1.165) is 24.1 Å². The first-order chi connectivity index (χ1) is 16.1. The Hall–Kier alpha value is -4.12. The summed E-state index contributed by atoms with van der Waals surface area (Å²) in [5, 5.41) is 5.69. The highest BCUT2D eigenvalue weighted by molar-refractivity contribution is 5.95. The number of carbonyl (C=O) groups is 1. The minimum Gasteiger partial charge on any atom is -0.373 e. The summed E-state index contributed by atoms with van der Waals surface area (Å²) in [5.74, 6) is 3.94. The highest BCUT2D eigenvalue weighted by atomic mass is 16.2. The van der Waals surface area contributed by atoms with E-state index in [0.29, 0.717) is 30.0 Å². The zero-order valence-corrected chi connectivity index (χ0v) is 18.6. The van der Waals surface area contributed by atoms with Crippen LogP contribution in [0, 0.1) is 0 Å². The molecule has 3 aliphatic heterocycles. The number of likely N-dealkylation sites (N-methyl/N-ethyl adjacent to an activating group) is 1. The van der Waals surface area contributed by atoms with Crippen LogP contribution in [-0.4, -0.2) is 60.0 Å². The van der Waals surface area contributed by atoms with Crippen LogP contribution in [0.1, 0.15) is 24.5 Å². The molecule has 33 heavy (non-hydrogen) atoms. The van der Waals surface area contributed by atoms with Gasteiger partial charge in [-0.1, -0.05) is 18.2 Å². The molecular weight excluding hydrogens is 418 g/mol. The van der Waals surface area contributed by atoms with Gasteiger partial charge in [0, 0.05) is 38.5 Å². The van der Waals surface area contributed by atoms with Gasteiger partial charge in [-0.15, -0.1) is 0 Å². The number of amides is 1. The van der Waals surface area contributed by atoms with Crippen LogP contribution in [0.5, 0.6) is 0 Å². The van der Waals surface area contributed by atoms with Crippen LogP contribution in [0.2, 0.25) is 0 Å². The van der Waals surface area contributed by atoms with Crippen LogP contribution in [0.15, 0.2) is 64.6 Å². The van der Waals surface area contributed by atoms with Crippen molar-refractivity contribution in [3.05, 3.63) is 70.7 Å². The van der Waals surface area contributed by atoms with Crippen LogP contribution < -0.4 is 10.6 Å². The van der Waals surface area contributed by atoms with Crippen molar-refractivity contribution in [2.75, 3.05) is 25.5 Å². The Bertz CT molecular complexity index is 1180. The molecule has 0 saturated carbocycles. The van der Waals surface area contributed by atoms with E-state index in [-0.39, 0.29) is 11.7 Å². The minimum atomic E-state index is -0.463. The lowest BCUT2D eigenvalue weighted by Gasteiger charge is -2.32. The topological polar surface area (TPSA) is 94.1 Å². The molecule has 4 rings (SSSR count). The van der Waals surface area contributed by atoms with Gasteiger partial charge in [0.2, 0.25) is 5.91 Å². The third-order valence-electron chi connectivity index (χ3n) is 5.90. The first-order valence-corrected chi connectivity index (χ1v) is 10.8. The van der Waals surface area contributed by atoms with E-state index in [9.17, 15) is 14.4 Å². The second kappa shape index (κ2) is 9.57. The summed E-state index contributed by atoms with van der Waals surface area (Å²) < 4.78 is 0. The predicted molar refractivity (Wildman–Crippen MR) is 127 cm³/mol. The van der Waals surface area contributed by atoms with Crippen LogP contribution in [0.3, 0.4) is 0 Å². The molecule has 1 amide bonds. The molecule has 0 bridgehead atoms. The summed E-state index contributed by atoms with van der Waals surface area (Å²) in [7, 11) is 1.60. The number of hydrogen-bond acceptors (Lipinski definition) is 7. The van der Waals surface area contributed by atoms with Gasteiger partial charge >= 0.3 is 0 Å². The van der Waals surface area contributed by atoms with Crippen LogP contribution in [0.4, 0.5) is 5.69 Å². The zero-order valence-electron chi connectivity index (χ0n) is 18.6. The van der Waals surface area contributed by atoms with E-state index in [1.165, 1.54) is 5.57 Å². The second-order valence-electron chi connectivity index (χ2n) is 7.86. The molecule has 0 aromatic heterocycles. The molecule has 8 nitrogen and oxygen atoms in total. The van der Waals surface area contributed by atoms with Crippen molar-refractivity contribution in [2.24, 2.45) is 4.99 Å². The standard InChI is InChI=1S/C25H25N5O3/c1-3-30-23(15-31)20-6-4-17(12-22(20)28-24(30)16-32)14-29-10-8-18(9-11-29)19-5-7-21(27-13-19)25(33)26-2/h4-8,10,12-13,21,28H,3,9,11,14H2,1-2H3,(H,26,33). The van der Waals surface area contributed by atoms with Gasteiger partial charge in [0.05, 0.1) is 5.69 Å². The quantitative estimate of drug-likeness (QED) is 0.692. The largest absolute Gasteiger partial charge is 0.373 e. The van der Waals surface area contributed by atoms with Gasteiger partial charge in [-0.3, -0.25) is 9.79 Å². The fourth-order valence-corrected chi connectivity index (χ4v) is 4.12. The average molecular weight is 444 g/mol. The summed E-state index contributed by atoms with van der Waals surface area (Å²) in [4.78, 5) is 42.7. The number of anilines is 1. The molecule has 3 aliphatic rings. The average Bonchev–Trinajstić information content (AvgIpc) is 2.87. The summed E-state index contributed by atoms with van der Waals surface area (Å²) in [6, 6.07) is 5.36. The number of rotatable bonds is 4.